The fourth-order valence-electron chi connectivity index (χ4n) is 8.14. The molecule has 8 nitrogen and oxygen atoms in total. The van der Waals surface area contributed by atoms with E-state index in [2.05, 4.69) is 167 Å². The average molecular weight is 673 g/mol. The third-order valence-electron chi connectivity index (χ3n) is 11.9. The summed E-state index contributed by atoms with van der Waals surface area (Å²) in [7, 11) is 0. The molecule has 6 aromatic rings. The summed E-state index contributed by atoms with van der Waals surface area (Å²) in [5, 5.41) is 0. The van der Waals surface area contributed by atoms with Crippen LogP contribution in [0.3, 0.4) is 0 Å². The van der Waals surface area contributed by atoms with Gasteiger partial charge in [-0.05, 0) is 122 Å². The van der Waals surface area contributed by atoms with Crippen molar-refractivity contribution in [1.29, 1.82) is 0 Å². The molecular weight excluding hydrogens is 617 g/mol. The van der Waals surface area contributed by atoms with Crippen molar-refractivity contribution in [2.75, 3.05) is 0 Å². The van der Waals surface area contributed by atoms with Gasteiger partial charge in [0.1, 0.15) is 75.8 Å². The Balaban J connectivity index is 1.17. The van der Waals surface area contributed by atoms with Crippen LogP contribution in [0.5, 0.6) is 0 Å². The van der Waals surface area contributed by atoms with E-state index < -0.39 is 0 Å². The number of imidazole rings is 4. The van der Waals surface area contributed by atoms with Gasteiger partial charge >= 0.3 is 0 Å². The highest BCUT2D eigenvalue weighted by Crippen LogP contribution is 2.28. The first kappa shape index (κ1) is 33.8. The molecule has 8 heteroatoms. The van der Waals surface area contributed by atoms with Gasteiger partial charge in [0.05, 0.1) is 26.2 Å². The van der Waals surface area contributed by atoms with E-state index in [9.17, 15) is 0 Å². The van der Waals surface area contributed by atoms with Crippen LogP contribution in [-0.4, -0.2) is 18.3 Å². The lowest BCUT2D eigenvalue weighted by Gasteiger charge is -2.19. The number of rotatable bonds is 0. The van der Waals surface area contributed by atoms with E-state index >= 15 is 0 Å². The van der Waals surface area contributed by atoms with Gasteiger partial charge in [0.2, 0.25) is 25.3 Å². The quantitative estimate of drug-likeness (QED) is 0.199. The minimum atomic E-state index is 0.897. The van der Waals surface area contributed by atoms with E-state index in [-0.39, 0.29) is 0 Å². The Labute approximate surface area is 298 Å². The molecule has 10 rings (SSSR count). The predicted octanol–water partition coefficient (Wildman–Crippen LogP) is 5.20. The number of hydrogen-bond donors (Lipinski definition) is 0. The Kier molecular flexibility index (Phi) is 9.38. The van der Waals surface area contributed by atoms with Crippen molar-refractivity contribution in [2.45, 2.75) is 121 Å². The van der Waals surface area contributed by atoms with Gasteiger partial charge < -0.3 is 0 Å². The molecule has 0 spiro atoms. The van der Waals surface area contributed by atoms with Gasteiger partial charge in [0.15, 0.2) is 0 Å². The number of aromatic nitrogens is 8. The van der Waals surface area contributed by atoms with Gasteiger partial charge in [0.25, 0.3) is 0 Å². The molecule has 8 heterocycles. The summed E-state index contributed by atoms with van der Waals surface area (Å²) in [6.07, 6.45) is 29.1. The van der Waals surface area contributed by atoms with Crippen LogP contribution in [0.15, 0.2) is 74.9 Å². The summed E-state index contributed by atoms with van der Waals surface area (Å²) in [6.45, 7) is 26.1. The molecule has 0 N–H and O–H groups in total. The highest BCUT2D eigenvalue weighted by Gasteiger charge is 2.21. The maximum absolute atomic E-state index is 2.35. The minimum absolute atomic E-state index is 0.897. The van der Waals surface area contributed by atoms with Crippen molar-refractivity contribution >= 4 is 0 Å². The third-order valence-corrected chi connectivity index (χ3v) is 11.9. The SMILES string of the molecule is Cc1c(C)c2c(C)c(C)c1C[n+]1ccn(c1)CCCn1cc[n+](c1)Cc1c(C)c(C)c(c(C)c1C)C[n+]1ccn(c1)CCCn1cc[n+](c1)C2. The van der Waals surface area contributed by atoms with E-state index in [1.54, 1.807) is 0 Å². The maximum Gasteiger partial charge on any atom is 0.244 e. The van der Waals surface area contributed by atoms with Gasteiger partial charge in [-0.3, -0.25) is 0 Å². The highest BCUT2D eigenvalue weighted by molar-refractivity contribution is 5.50. The summed E-state index contributed by atoms with van der Waals surface area (Å²) in [4.78, 5) is 0. The summed E-state index contributed by atoms with van der Waals surface area (Å²) in [6, 6.07) is 0. The van der Waals surface area contributed by atoms with Crippen molar-refractivity contribution in [2.24, 2.45) is 0 Å². The normalized spacial score (nSPS) is 14.4. The molecule has 50 heavy (non-hydrogen) atoms. The van der Waals surface area contributed by atoms with Crippen molar-refractivity contribution in [3.63, 3.8) is 0 Å². The second-order valence-electron chi connectivity index (χ2n) is 14.9. The van der Waals surface area contributed by atoms with Crippen molar-refractivity contribution in [1.82, 2.24) is 18.3 Å². The maximum atomic E-state index is 2.35. The van der Waals surface area contributed by atoms with Crippen LogP contribution >= 0.6 is 0 Å². The van der Waals surface area contributed by atoms with E-state index in [0.29, 0.717) is 0 Å². The smallest absolute Gasteiger partial charge is 0.237 e. The second-order valence-corrected chi connectivity index (χ2v) is 14.9. The Morgan fingerprint density at radius 1 is 0.340 bits per heavy atom. The van der Waals surface area contributed by atoms with Gasteiger partial charge in [-0.15, -0.1) is 0 Å². The number of benzene rings is 2. The summed E-state index contributed by atoms with van der Waals surface area (Å²) < 4.78 is 18.7. The molecular formula is C42H56N8+4. The molecule has 0 radical (unpaired) electrons. The largest absolute Gasteiger partial charge is 0.244 e. The van der Waals surface area contributed by atoms with Crippen LogP contribution in [0.4, 0.5) is 0 Å². The molecule has 0 unspecified atom stereocenters. The lowest BCUT2D eigenvalue weighted by Crippen LogP contribution is -2.35. The van der Waals surface area contributed by atoms with Gasteiger partial charge in [-0.2, -0.15) is 0 Å². The van der Waals surface area contributed by atoms with Gasteiger partial charge in [-0.1, -0.05) is 0 Å². The molecule has 4 aliphatic rings. The molecule has 12 bridgehead atoms. The first-order valence-corrected chi connectivity index (χ1v) is 18.4. The van der Waals surface area contributed by atoms with Crippen LogP contribution in [0.2, 0.25) is 0 Å². The molecule has 0 fully saturated rings. The molecule has 4 aliphatic heterocycles. The van der Waals surface area contributed by atoms with Crippen LogP contribution in [0.1, 0.15) is 79.6 Å². The summed E-state index contributed by atoms with van der Waals surface area (Å²) in [5.41, 5.74) is 17.1. The zero-order valence-electron chi connectivity index (χ0n) is 31.6. The Morgan fingerprint density at radius 2 is 0.540 bits per heavy atom. The lowest BCUT2D eigenvalue weighted by molar-refractivity contribution is -0.688. The molecule has 0 amide bonds. The van der Waals surface area contributed by atoms with E-state index in [1.807, 2.05) is 0 Å². The first-order chi connectivity index (χ1) is 24.0. The van der Waals surface area contributed by atoms with Crippen LogP contribution < -0.4 is 18.3 Å². The predicted molar refractivity (Wildman–Crippen MR) is 195 cm³/mol. The topological polar surface area (TPSA) is 35.2 Å². The summed E-state index contributed by atoms with van der Waals surface area (Å²) in [5.74, 6) is 0. The first-order valence-electron chi connectivity index (χ1n) is 18.4. The van der Waals surface area contributed by atoms with E-state index in [0.717, 1.165) is 65.2 Å². The van der Waals surface area contributed by atoms with Crippen LogP contribution in [0, 0.1) is 55.4 Å². The van der Waals surface area contributed by atoms with Crippen LogP contribution in [-0.2, 0) is 52.4 Å². The molecule has 0 saturated heterocycles. The van der Waals surface area contributed by atoms with Crippen molar-refractivity contribution < 1.29 is 18.3 Å². The molecule has 2 aromatic carbocycles. The van der Waals surface area contributed by atoms with Crippen molar-refractivity contribution in [3.8, 4) is 0 Å². The lowest BCUT2D eigenvalue weighted by atomic mass is 9.88. The number of nitrogens with zero attached hydrogens (tertiary/aromatic N) is 8. The molecule has 260 valence electrons. The average Bonchev–Trinajstić information content (AvgIpc) is 3.93. The third kappa shape index (κ3) is 6.72. The van der Waals surface area contributed by atoms with Crippen molar-refractivity contribution in [3.05, 3.63) is 142 Å². The zero-order valence-corrected chi connectivity index (χ0v) is 31.6. The Hall–Kier alpha value is -4.72. The van der Waals surface area contributed by atoms with Gasteiger partial charge in [0, 0.05) is 12.8 Å². The van der Waals surface area contributed by atoms with Crippen LogP contribution in [0.25, 0.3) is 0 Å². The standard InChI is InChI=1S/C42H56N8/c1-31-32(2)40-24-48-20-16-44(28-48)12-10-14-46-18-22-50(30-46)26-42-37(7)35(5)41(36(6)38(42)8)25-49-21-17-45(29-49)13-9-11-43-15-19-47(27-43)23-39(31)33(3)34(40)4/h15-22,27-30H,9-14,23-26H2,1-8H3/q+4. The zero-order chi connectivity index (χ0) is 35.1. The van der Waals surface area contributed by atoms with Gasteiger partial charge in [-0.25, -0.2) is 36.5 Å². The molecule has 0 atom stereocenters. The highest BCUT2D eigenvalue weighted by atomic mass is 15.1. The van der Waals surface area contributed by atoms with E-state index in [1.165, 1.54) is 66.8 Å². The molecule has 0 aliphatic carbocycles. The Morgan fingerprint density at radius 3 is 0.740 bits per heavy atom. The van der Waals surface area contributed by atoms with E-state index in [4.69, 9.17) is 0 Å². The number of hydrogen-bond acceptors (Lipinski definition) is 0. The monoisotopic (exact) mass is 672 g/mol. The molecule has 4 aromatic heterocycles. The fraction of sp³-hybridized carbons (Fsp3) is 0.429. The summed E-state index contributed by atoms with van der Waals surface area (Å²) >= 11 is 0. The fourth-order valence-corrected chi connectivity index (χ4v) is 8.14. The Bertz CT molecular complexity index is 1800. The molecule has 0 saturated carbocycles. The second kappa shape index (κ2) is 13.9. The number of aryl methyl sites for hydroxylation is 4. The minimum Gasteiger partial charge on any atom is -0.237 e.